The van der Waals surface area contributed by atoms with Crippen LogP contribution in [0.3, 0.4) is 0 Å². The van der Waals surface area contributed by atoms with E-state index in [-0.39, 0.29) is 12.0 Å². The number of benzene rings is 2. The number of hydrogen-bond acceptors (Lipinski definition) is 3. The van der Waals surface area contributed by atoms with E-state index in [1.807, 2.05) is 58.0 Å². The van der Waals surface area contributed by atoms with Crippen LogP contribution in [0.25, 0.3) is 0 Å². The van der Waals surface area contributed by atoms with Crippen molar-refractivity contribution in [2.24, 2.45) is 0 Å². The number of hydrogen-bond donors (Lipinski definition) is 3. The van der Waals surface area contributed by atoms with E-state index in [9.17, 15) is 4.79 Å². The lowest BCUT2D eigenvalue weighted by molar-refractivity contribution is -0.113. The van der Waals surface area contributed by atoms with Gasteiger partial charge in [-0.25, -0.2) is 0 Å². The van der Waals surface area contributed by atoms with Crippen LogP contribution in [0, 0.1) is 6.92 Å². The minimum absolute atomic E-state index is 0.0292. The van der Waals surface area contributed by atoms with Crippen molar-refractivity contribution in [2.45, 2.75) is 39.8 Å². The van der Waals surface area contributed by atoms with Gasteiger partial charge in [0.15, 0.2) is 5.11 Å². The van der Waals surface area contributed by atoms with E-state index in [0.717, 1.165) is 16.8 Å². The number of carbonyl (C=O) groups is 1. The Morgan fingerprint density at radius 2 is 1.86 bits per heavy atom. The predicted molar refractivity (Wildman–Crippen MR) is 121 cm³/mol. The lowest BCUT2D eigenvalue weighted by atomic mass is 9.94. The zero-order chi connectivity index (χ0) is 21.1. The SMILES string of the molecule is CC1=C(C(=O)Nc2ccc(C)cc2)[C@@H](c2cc(Cl)ccc2OC(C)C)NC(=S)N1. The van der Waals surface area contributed by atoms with Crippen LogP contribution < -0.4 is 20.7 Å². The second kappa shape index (κ2) is 8.84. The molecule has 7 heteroatoms. The van der Waals surface area contributed by atoms with Gasteiger partial charge in [-0.2, -0.15) is 0 Å². The minimum atomic E-state index is -0.498. The number of thiocarbonyl (C=S) groups is 1. The molecule has 0 radical (unpaired) electrons. The second-order valence-electron chi connectivity index (χ2n) is 7.24. The second-order valence-corrected chi connectivity index (χ2v) is 8.08. The number of halogens is 1. The van der Waals surface area contributed by atoms with Gasteiger partial charge in [0.1, 0.15) is 5.75 Å². The average molecular weight is 430 g/mol. The third kappa shape index (κ3) is 5.08. The van der Waals surface area contributed by atoms with E-state index < -0.39 is 6.04 Å². The summed E-state index contributed by atoms with van der Waals surface area (Å²) in [5, 5.41) is 10.2. The Morgan fingerprint density at radius 1 is 1.17 bits per heavy atom. The van der Waals surface area contributed by atoms with Crippen LogP contribution in [-0.2, 0) is 4.79 Å². The maximum absolute atomic E-state index is 13.2. The van der Waals surface area contributed by atoms with E-state index in [4.69, 9.17) is 28.6 Å². The van der Waals surface area contributed by atoms with Gasteiger partial charge in [-0.1, -0.05) is 29.3 Å². The fourth-order valence-corrected chi connectivity index (χ4v) is 3.62. The summed E-state index contributed by atoms with van der Waals surface area (Å²) in [5.74, 6) is 0.425. The lowest BCUT2D eigenvalue weighted by Crippen LogP contribution is -2.46. The van der Waals surface area contributed by atoms with Crippen LogP contribution in [0.1, 0.15) is 37.9 Å². The van der Waals surface area contributed by atoms with Crippen LogP contribution in [0.4, 0.5) is 5.69 Å². The highest BCUT2D eigenvalue weighted by Crippen LogP contribution is 2.36. The van der Waals surface area contributed by atoms with E-state index in [0.29, 0.717) is 27.2 Å². The van der Waals surface area contributed by atoms with Crippen LogP contribution >= 0.6 is 23.8 Å². The number of aryl methyl sites for hydroxylation is 1. The molecule has 1 amide bonds. The molecular formula is C22H24ClN3O2S. The zero-order valence-electron chi connectivity index (χ0n) is 16.8. The molecule has 0 unspecified atom stereocenters. The Hall–Kier alpha value is -2.57. The van der Waals surface area contributed by atoms with Gasteiger partial charge in [0, 0.05) is 22.0 Å². The first-order valence-corrected chi connectivity index (χ1v) is 10.2. The number of anilines is 1. The van der Waals surface area contributed by atoms with Crippen molar-refractivity contribution >= 4 is 40.5 Å². The Labute approximate surface area is 181 Å². The Morgan fingerprint density at radius 3 is 2.52 bits per heavy atom. The molecule has 1 aliphatic heterocycles. The zero-order valence-corrected chi connectivity index (χ0v) is 18.4. The summed E-state index contributed by atoms with van der Waals surface area (Å²) in [4.78, 5) is 13.2. The molecular weight excluding hydrogens is 406 g/mol. The summed E-state index contributed by atoms with van der Waals surface area (Å²) >= 11 is 11.6. The number of amides is 1. The minimum Gasteiger partial charge on any atom is -0.491 e. The molecule has 2 aromatic carbocycles. The standard InChI is InChI=1S/C22H24ClN3O2S/c1-12(2)28-18-10-7-15(23)11-17(18)20-19(14(4)24-22(29)26-20)21(27)25-16-8-5-13(3)6-9-16/h5-12,20H,1-4H3,(H,25,27)(H2,24,26,29)/t20-/m1/s1. The summed E-state index contributed by atoms with van der Waals surface area (Å²) in [5.41, 5.74) is 3.80. The van der Waals surface area contributed by atoms with E-state index in [2.05, 4.69) is 16.0 Å². The fraction of sp³-hybridized carbons (Fsp3) is 0.273. The molecule has 0 aromatic heterocycles. The Kier molecular flexibility index (Phi) is 6.45. The van der Waals surface area contributed by atoms with Crippen molar-refractivity contribution in [3.63, 3.8) is 0 Å². The molecule has 0 fully saturated rings. The Bertz CT molecular complexity index is 971. The molecule has 0 saturated carbocycles. The summed E-state index contributed by atoms with van der Waals surface area (Å²) in [7, 11) is 0. The largest absolute Gasteiger partial charge is 0.491 e. The highest BCUT2D eigenvalue weighted by atomic mass is 35.5. The molecule has 29 heavy (non-hydrogen) atoms. The maximum Gasteiger partial charge on any atom is 0.255 e. The van der Waals surface area contributed by atoms with Crippen molar-refractivity contribution in [3.8, 4) is 5.75 Å². The summed E-state index contributed by atoms with van der Waals surface area (Å²) in [6.45, 7) is 7.73. The predicted octanol–water partition coefficient (Wildman–Crippen LogP) is 4.87. The molecule has 0 aliphatic carbocycles. The highest BCUT2D eigenvalue weighted by Gasteiger charge is 2.32. The van der Waals surface area contributed by atoms with E-state index in [1.165, 1.54) is 0 Å². The molecule has 5 nitrogen and oxygen atoms in total. The lowest BCUT2D eigenvalue weighted by Gasteiger charge is -2.31. The topological polar surface area (TPSA) is 62.4 Å². The van der Waals surface area contributed by atoms with E-state index in [1.54, 1.807) is 12.1 Å². The van der Waals surface area contributed by atoms with Crippen LogP contribution in [0.5, 0.6) is 5.75 Å². The molecule has 3 rings (SSSR count). The smallest absolute Gasteiger partial charge is 0.255 e. The summed E-state index contributed by atoms with van der Waals surface area (Å²) in [6, 6.07) is 12.5. The van der Waals surface area contributed by atoms with Crippen LogP contribution in [-0.4, -0.2) is 17.1 Å². The summed E-state index contributed by atoms with van der Waals surface area (Å²) < 4.78 is 5.97. The number of nitrogens with one attached hydrogen (secondary N) is 3. The van der Waals surface area contributed by atoms with Gasteiger partial charge in [-0.3, -0.25) is 4.79 Å². The molecule has 1 heterocycles. The molecule has 0 spiro atoms. The van der Waals surface area contributed by atoms with Gasteiger partial charge in [0.05, 0.1) is 17.7 Å². The third-order valence-corrected chi connectivity index (χ3v) is 4.92. The highest BCUT2D eigenvalue weighted by molar-refractivity contribution is 7.80. The molecule has 0 saturated heterocycles. The van der Waals surface area contributed by atoms with Crippen molar-refractivity contribution < 1.29 is 9.53 Å². The average Bonchev–Trinajstić information content (AvgIpc) is 2.64. The van der Waals surface area contributed by atoms with Gasteiger partial charge >= 0.3 is 0 Å². The number of allylic oxidation sites excluding steroid dienone is 1. The van der Waals surface area contributed by atoms with Gasteiger partial charge in [-0.15, -0.1) is 0 Å². The summed E-state index contributed by atoms with van der Waals surface area (Å²) in [6.07, 6.45) is -0.0292. The first-order chi connectivity index (χ1) is 13.7. The fourth-order valence-electron chi connectivity index (χ4n) is 3.17. The van der Waals surface area contributed by atoms with Gasteiger partial charge in [-0.05, 0) is 70.2 Å². The van der Waals surface area contributed by atoms with Crippen molar-refractivity contribution in [1.82, 2.24) is 10.6 Å². The van der Waals surface area contributed by atoms with Gasteiger partial charge in [0.25, 0.3) is 5.91 Å². The van der Waals surface area contributed by atoms with Crippen molar-refractivity contribution in [2.75, 3.05) is 5.32 Å². The van der Waals surface area contributed by atoms with E-state index >= 15 is 0 Å². The maximum atomic E-state index is 13.2. The molecule has 3 N–H and O–H groups in total. The third-order valence-electron chi connectivity index (χ3n) is 4.47. The monoisotopic (exact) mass is 429 g/mol. The Balaban J connectivity index is 2.01. The first kappa shape index (κ1) is 21.1. The van der Waals surface area contributed by atoms with Crippen molar-refractivity contribution in [1.29, 1.82) is 0 Å². The van der Waals surface area contributed by atoms with Crippen LogP contribution in [0.15, 0.2) is 53.7 Å². The number of carbonyl (C=O) groups excluding carboxylic acids is 1. The quantitative estimate of drug-likeness (QED) is 0.592. The molecule has 2 aromatic rings. The van der Waals surface area contributed by atoms with Crippen molar-refractivity contribution in [3.05, 3.63) is 69.9 Å². The molecule has 0 bridgehead atoms. The van der Waals surface area contributed by atoms with Crippen LogP contribution in [0.2, 0.25) is 5.02 Å². The van der Waals surface area contributed by atoms with Gasteiger partial charge < -0.3 is 20.7 Å². The first-order valence-electron chi connectivity index (χ1n) is 9.37. The molecule has 152 valence electrons. The number of ether oxygens (including phenoxy) is 1. The normalized spacial score (nSPS) is 16.3. The molecule has 1 aliphatic rings. The van der Waals surface area contributed by atoms with Gasteiger partial charge in [0.2, 0.25) is 0 Å². The number of rotatable bonds is 5. The molecule has 1 atom stereocenters.